The molecule has 156 valence electrons. The van der Waals surface area contributed by atoms with Crippen LogP contribution in [0, 0.1) is 11.8 Å². The van der Waals surface area contributed by atoms with Crippen LogP contribution in [0.15, 0.2) is 71.8 Å². The van der Waals surface area contributed by atoms with Crippen LogP contribution < -0.4 is 10.4 Å². The molecule has 2 aliphatic rings. The van der Waals surface area contributed by atoms with Gasteiger partial charge in [0, 0.05) is 18.1 Å². The van der Waals surface area contributed by atoms with Crippen LogP contribution in [0.1, 0.15) is 27.7 Å². The van der Waals surface area contributed by atoms with E-state index in [2.05, 4.69) is 45.0 Å². The Balaban J connectivity index is 1.75. The zero-order chi connectivity index (χ0) is 21.5. The van der Waals surface area contributed by atoms with Crippen molar-refractivity contribution in [3.05, 3.63) is 71.8 Å². The summed E-state index contributed by atoms with van der Waals surface area (Å²) in [4.78, 5) is 25.1. The highest BCUT2D eigenvalue weighted by atomic mass is 28.4. The molecule has 5 heteroatoms. The predicted octanol–water partition coefficient (Wildman–Crippen LogP) is 3.25. The molecular weight excluding hydrogens is 392 g/mol. The molecule has 1 aliphatic heterocycles. The fraction of sp³-hybridized carbons (Fsp3) is 0.360. The van der Waals surface area contributed by atoms with Gasteiger partial charge in [0.05, 0.1) is 18.1 Å². The Morgan fingerprint density at radius 3 is 2.00 bits per heavy atom. The number of rotatable bonds is 5. The van der Waals surface area contributed by atoms with E-state index in [9.17, 15) is 9.59 Å². The molecule has 0 spiro atoms. The normalized spacial score (nSPS) is 21.7. The molecule has 0 saturated carbocycles. The van der Waals surface area contributed by atoms with Gasteiger partial charge in [0.15, 0.2) is 5.78 Å². The Hall–Kier alpha value is -2.50. The van der Waals surface area contributed by atoms with Gasteiger partial charge in [-0.1, -0.05) is 81.4 Å². The van der Waals surface area contributed by atoms with E-state index in [0.29, 0.717) is 11.1 Å². The number of cyclic esters (lactones) is 1. The predicted molar refractivity (Wildman–Crippen MR) is 119 cm³/mol. The van der Waals surface area contributed by atoms with Gasteiger partial charge in [-0.05, 0) is 22.3 Å². The van der Waals surface area contributed by atoms with Crippen LogP contribution >= 0.6 is 0 Å². The lowest BCUT2D eigenvalue weighted by atomic mass is 9.94. The molecule has 30 heavy (non-hydrogen) atoms. The molecule has 4 nitrogen and oxygen atoms in total. The summed E-state index contributed by atoms with van der Waals surface area (Å²) < 4.78 is 12.2. The number of allylic oxidation sites excluding steroid dienone is 1. The van der Waals surface area contributed by atoms with Crippen molar-refractivity contribution in [1.29, 1.82) is 0 Å². The van der Waals surface area contributed by atoms with Crippen LogP contribution in [0.25, 0.3) is 0 Å². The van der Waals surface area contributed by atoms with Crippen molar-refractivity contribution in [3.63, 3.8) is 0 Å². The van der Waals surface area contributed by atoms with Crippen molar-refractivity contribution in [2.24, 2.45) is 11.8 Å². The summed E-state index contributed by atoms with van der Waals surface area (Å²) in [5, 5.41) is 2.19. The molecule has 0 radical (unpaired) electrons. The quantitative estimate of drug-likeness (QED) is 0.550. The van der Waals surface area contributed by atoms with Gasteiger partial charge in [0.25, 0.3) is 8.32 Å². The molecule has 2 aromatic rings. The van der Waals surface area contributed by atoms with E-state index < -0.39 is 8.32 Å². The van der Waals surface area contributed by atoms with Crippen LogP contribution in [0.5, 0.6) is 0 Å². The lowest BCUT2D eigenvalue weighted by molar-refractivity contribution is -0.136. The lowest BCUT2D eigenvalue weighted by Gasteiger charge is -2.43. The average molecular weight is 421 g/mol. The first kappa shape index (κ1) is 20.8. The maximum Gasteiger partial charge on any atom is 0.334 e. The molecule has 0 aromatic heterocycles. The zero-order valence-corrected chi connectivity index (χ0v) is 19.0. The molecule has 0 amide bonds. The van der Waals surface area contributed by atoms with Crippen LogP contribution in [0.4, 0.5) is 0 Å². The molecule has 2 aromatic carbocycles. The molecule has 4 rings (SSSR count). The first-order valence-corrected chi connectivity index (χ1v) is 12.4. The van der Waals surface area contributed by atoms with Gasteiger partial charge in [-0.2, -0.15) is 0 Å². The van der Waals surface area contributed by atoms with E-state index in [1.54, 1.807) is 6.92 Å². The van der Waals surface area contributed by atoms with Gasteiger partial charge in [-0.15, -0.1) is 0 Å². The van der Waals surface area contributed by atoms with E-state index in [0.717, 1.165) is 0 Å². The van der Waals surface area contributed by atoms with E-state index >= 15 is 0 Å². The lowest BCUT2D eigenvalue weighted by Crippen LogP contribution is -2.67. The summed E-state index contributed by atoms with van der Waals surface area (Å²) in [7, 11) is -2.73. The largest absolute Gasteiger partial charge is 0.462 e. The van der Waals surface area contributed by atoms with Gasteiger partial charge < -0.3 is 9.16 Å². The molecule has 0 unspecified atom stereocenters. The highest BCUT2D eigenvalue weighted by molar-refractivity contribution is 6.99. The monoisotopic (exact) mass is 420 g/mol. The number of carbonyl (C=O) groups is 2. The van der Waals surface area contributed by atoms with Gasteiger partial charge in [-0.3, -0.25) is 4.79 Å². The third-order valence-corrected chi connectivity index (χ3v) is 11.5. The molecule has 1 aliphatic carbocycles. The van der Waals surface area contributed by atoms with E-state index in [-0.39, 0.29) is 41.8 Å². The molecule has 1 saturated heterocycles. The maximum atomic E-state index is 13.0. The Morgan fingerprint density at radius 1 is 0.967 bits per heavy atom. The summed E-state index contributed by atoms with van der Waals surface area (Å²) in [6.45, 7) is 8.94. The summed E-state index contributed by atoms with van der Waals surface area (Å²) in [5.74, 6) is -0.889. The Morgan fingerprint density at radius 2 is 1.50 bits per heavy atom. The van der Waals surface area contributed by atoms with Crippen LogP contribution in [-0.4, -0.2) is 33.3 Å². The summed E-state index contributed by atoms with van der Waals surface area (Å²) in [5.41, 5.74) is 1.09. The van der Waals surface area contributed by atoms with Crippen molar-refractivity contribution in [2.45, 2.75) is 32.7 Å². The molecule has 1 fully saturated rings. The van der Waals surface area contributed by atoms with Gasteiger partial charge in [0.1, 0.15) is 0 Å². The summed E-state index contributed by atoms with van der Waals surface area (Å²) in [6.07, 6.45) is 0. The van der Waals surface area contributed by atoms with Gasteiger partial charge in [-0.25, -0.2) is 4.79 Å². The molecule has 1 heterocycles. The van der Waals surface area contributed by atoms with Crippen LogP contribution in [-0.2, 0) is 18.8 Å². The number of hydrogen-bond acceptors (Lipinski definition) is 4. The number of hydrogen-bond donors (Lipinski definition) is 0. The molecule has 2 atom stereocenters. The van der Waals surface area contributed by atoms with E-state index in [1.807, 2.05) is 36.4 Å². The van der Waals surface area contributed by atoms with Crippen LogP contribution in [0.2, 0.25) is 5.04 Å². The van der Waals surface area contributed by atoms with Gasteiger partial charge >= 0.3 is 5.97 Å². The van der Waals surface area contributed by atoms with Crippen LogP contribution in [0.3, 0.4) is 0 Å². The van der Waals surface area contributed by atoms with Crippen molar-refractivity contribution in [1.82, 2.24) is 0 Å². The highest BCUT2D eigenvalue weighted by Gasteiger charge is 2.53. The van der Waals surface area contributed by atoms with E-state index in [4.69, 9.17) is 9.16 Å². The highest BCUT2D eigenvalue weighted by Crippen LogP contribution is 2.42. The number of fused-ring (bicyclic) bond motifs is 1. The topological polar surface area (TPSA) is 52.6 Å². The maximum absolute atomic E-state index is 13.0. The standard InChI is InChI=1S/C25H28O4Si/c1-17-22-20(15-28-24(22)27)21(23(17)26)16-29-30(25(2,3)4,18-11-7-5-8-12-18)19-13-9-6-10-14-19/h5-14,20-21H,15-16H2,1-4H3/t20-,21+/m0/s1. The zero-order valence-electron chi connectivity index (χ0n) is 18.0. The van der Waals surface area contributed by atoms with E-state index in [1.165, 1.54) is 10.4 Å². The van der Waals surface area contributed by atoms with Crippen molar-refractivity contribution in [2.75, 3.05) is 13.2 Å². The Bertz CT molecular complexity index is 949. The minimum absolute atomic E-state index is 0.0181. The molecular formula is C25H28O4Si. The minimum atomic E-state index is -2.73. The van der Waals surface area contributed by atoms with Crippen molar-refractivity contribution >= 4 is 30.4 Å². The van der Waals surface area contributed by atoms with Crippen molar-refractivity contribution < 1.29 is 18.8 Å². The number of Topliss-reactive ketones (excluding diaryl/α,β-unsaturated/α-hetero) is 1. The summed E-state index contributed by atoms with van der Waals surface area (Å²) >= 11 is 0. The first-order valence-electron chi connectivity index (χ1n) is 10.4. The second-order valence-corrected chi connectivity index (χ2v) is 13.5. The summed E-state index contributed by atoms with van der Waals surface area (Å²) in [6, 6.07) is 20.8. The Labute approximate surface area is 179 Å². The first-order chi connectivity index (χ1) is 14.3. The minimum Gasteiger partial charge on any atom is -0.462 e. The van der Waals surface area contributed by atoms with Gasteiger partial charge in [0.2, 0.25) is 0 Å². The molecule has 0 N–H and O–H groups in total. The number of benzene rings is 2. The number of ketones is 1. The second kappa shape index (κ2) is 7.64. The fourth-order valence-corrected chi connectivity index (χ4v) is 9.57. The number of ether oxygens (including phenoxy) is 1. The number of esters is 1. The third kappa shape index (κ3) is 3.17. The Kier molecular flexibility index (Phi) is 5.28. The SMILES string of the molecule is CC1=C2C(=O)OC[C@H]2[C@@H](CO[Si](c2ccccc2)(c2ccccc2)C(C)(C)C)C1=O. The third-order valence-electron chi connectivity index (χ3n) is 6.48. The molecule has 0 bridgehead atoms. The number of carbonyl (C=O) groups excluding carboxylic acids is 2. The van der Waals surface area contributed by atoms with Crippen molar-refractivity contribution in [3.8, 4) is 0 Å². The second-order valence-electron chi connectivity index (χ2n) is 9.19. The fourth-order valence-electron chi connectivity index (χ4n) is 4.99. The average Bonchev–Trinajstić information content (AvgIpc) is 3.22. The smallest absolute Gasteiger partial charge is 0.334 e.